The smallest absolute Gasteiger partial charge is 0.226 e. The molecule has 1 amide bonds. The second-order valence-corrected chi connectivity index (χ2v) is 7.26. The van der Waals surface area contributed by atoms with E-state index in [2.05, 4.69) is 24.1 Å². The Bertz CT molecular complexity index is 369. The monoisotopic (exact) mass is 316 g/mol. The van der Waals surface area contributed by atoms with Crippen LogP contribution in [0.25, 0.3) is 0 Å². The minimum Gasteiger partial charge on any atom is -0.377 e. The standard InChI is InChI=1S/C16H28N2O2.ClH/c1-12(2)9-13-11-20-8-7-18(13)15(19)14-10-16(14)3-5-17-6-4-16;/h12-14,17H,3-11H2,1-2H3;1H. The normalized spacial score (nSPS) is 31.1. The molecule has 122 valence electrons. The van der Waals surface area contributed by atoms with Crippen molar-refractivity contribution < 1.29 is 9.53 Å². The summed E-state index contributed by atoms with van der Waals surface area (Å²) in [5, 5.41) is 3.41. The fourth-order valence-electron chi connectivity index (χ4n) is 4.06. The van der Waals surface area contributed by atoms with Crippen molar-refractivity contribution in [3.8, 4) is 0 Å². The largest absolute Gasteiger partial charge is 0.377 e. The predicted molar refractivity (Wildman–Crippen MR) is 85.7 cm³/mol. The van der Waals surface area contributed by atoms with Gasteiger partial charge in [-0.1, -0.05) is 13.8 Å². The summed E-state index contributed by atoms with van der Waals surface area (Å²) >= 11 is 0. The molecule has 1 spiro atoms. The predicted octanol–water partition coefficient (Wildman–Crippen LogP) is 2.07. The Morgan fingerprint density at radius 3 is 2.76 bits per heavy atom. The van der Waals surface area contributed by atoms with E-state index >= 15 is 0 Å². The van der Waals surface area contributed by atoms with E-state index < -0.39 is 0 Å². The van der Waals surface area contributed by atoms with Crippen LogP contribution >= 0.6 is 12.4 Å². The third kappa shape index (κ3) is 3.54. The van der Waals surface area contributed by atoms with Gasteiger partial charge in [0.15, 0.2) is 0 Å². The number of morpholine rings is 1. The van der Waals surface area contributed by atoms with Crippen LogP contribution in [0.1, 0.15) is 39.5 Å². The maximum Gasteiger partial charge on any atom is 0.226 e. The van der Waals surface area contributed by atoms with Crippen LogP contribution in [0.5, 0.6) is 0 Å². The van der Waals surface area contributed by atoms with Crippen molar-refractivity contribution in [3.63, 3.8) is 0 Å². The summed E-state index contributed by atoms with van der Waals surface area (Å²) in [5.74, 6) is 1.34. The topological polar surface area (TPSA) is 41.6 Å². The lowest BCUT2D eigenvalue weighted by Crippen LogP contribution is -2.50. The van der Waals surface area contributed by atoms with Gasteiger partial charge >= 0.3 is 0 Å². The Kier molecular flexibility index (Phi) is 5.55. The first kappa shape index (κ1) is 17.0. The van der Waals surface area contributed by atoms with E-state index in [0.717, 1.165) is 39.1 Å². The first-order valence-corrected chi connectivity index (χ1v) is 8.21. The van der Waals surface area contributed by atoms with Crippen LogP contribution < -0.4 is 5.32 Å². The number of hydrogen-bond donors (Lipinski definition) is 1. The molecular formula is C16H29ClN2O2. The summed E-state index contributed by atoms with van der Waals surface area (Å²) in [5.41, 5.74) is 0.350. The number of carbonyl (C=O) groups excluding carboxylic acids is 1. The molecule has 5 heteroatoms. The van der Waals surface area contributed by atoms with Crippen molar-refractivity contribution >= 4 is 18.3 Å². The molecule has 2 atom stereocenters. The van der Waals surface area contributed by atoms with E-state index in [1.165, 1.54) is 12.8 Å². The van der Waals surface area contributed by atoms with Crippen LogP contribution in [-0.2, 0) is 9.53 Å². The van der Waals surface area contributed by atoms with E-state index in [0.29, 0.717) is 35.8 Å². The minimum absolute atomic E-state index is 0. The Labute approximate surface area is 134 Å². The zero-order chi connectivity index (χ0) is 14.2. The molecule has 3 fully saturated rings. The Hall–Kier alpha value is -0.320. The Morgan fingerprint density at radius 2 is 2.10 bits per heavy atom. The summed E-state index contributed by atoms with van der Waals surface area (Å²) in [6.45, 7) is 8.85. The number of ether oxygens (including phenoxy) is 1. The average molecular weight is 317 g/mol. The molecule has 4 nitrogen and oxygen atoms in total. The molecule has 21 heavy (non-hydrogen) atoms. The van der Waals surface area contributed by atoms with Crippen molar-refractivity contribution in [1.29, 1.82) is 0 Å². The fourth-order valence-corrected chi connectivity index (χ4v) is 4.06. The Balaban J connectivity index is 0.00000161. The van der Waals surface area contributed by atoms with Gasteiger partial charge in [0, 0.05) is 12.5 Å². The minimum atomic E-state index is 0. The lowest BCUT2D eigenvalue weighted by molar-refractivity contribution is -0.143. The molecule has 0 radical (unpaired) electrons. The number of piperidine rings is 1. The van der Waals surface area contributed by atoms with Crippen LogP contribution in [0.2, 0.25) is 0 Å². The van der Waals surface area contributed by atoms with Crippen LogP contribution in [0, 0.1) is 17.3 Å². The van der Waals surface area contributed by atoms with E-state index in [4.69, 9.17) is 4.74 Å². The van der Waals surface area contributed by atoms with Crippen LogP contribution in [0.4, 0.5) is 0 Å². The second kappa shape index (κ2) is 6.84. The Morgan fingerprint density at radius 1 is 1.38 bits per heavy atom. The third-order valence-electron chi connectivity index (χ3n) is 5.34. The lowest BCUT2D eigenvalue weighted by Gasteiger charge is -2.37. The molecule has 3 rings (SSSR count). The quantitative estimate of drug-likeness (QED) is 0.866. The van der Waals surface area contributed by atoms with Crippen LogP contribution in [0.15, 0.2) is 0 Å². The van der Waals surface area contributed by atoms with Gasteiger partial charge in [0.25, 0.3) is 0 Å². The molecule has 1 N–H and O–H groups in total. The van der Waals surface area contributed by atoms with Crippen molar-refractivity contribution in [2.24, 2.45) is 17.3 Å². The zero-order valence-corrected chi connectivity index (χ0v) is 14.1. The average Bonchev–Trinajstić information content (AvgIpc) is 3.12. The van der Waals surface area contributed by atoms with E-state index in [-0.39, 0.29) is 12.4 Å². The first-order valence-electron chi connectivity index (χ1n) is 8.21. The van der Waals surface area contributed by atoms with Crippen LogP contribution in [0.3, 0.4) is 0 Å². The molecule has 2 aliphatic heterocycles. The number of nitrogens with zero attached hydrogens (tertiary/aromatic N) is 1. The maximum atomic E-state index is 12.9. The maximum absolute atomic E-state index is 12.9. The van der Waals surface area contributed by atoms with Crippen molar-refractivity contribution in [2.45, 2.75) is 45.6 Å². The molecule has 2 unspecified atom stereocenters. The molecular weight excluding hydrogens is 288 g/mol. The van der Waals surface area contributed by atoms with Gasteiger partial charge in [-0.15, -0.1) is 12.4 Å². The molecule has 3 aliphatic rings. The fraction of sp³-hybridized carbons (Fsp3) is 0.938. The number of carbonyl (C=O) groups is 1. The first-order chi connectivity index (χ1) is 9.62. The van der Waals surface area contributed by atoms with Gasteiger partial charge in [-0.05, 0) is 50.1 Å². The molecule has 1 aliphatic carbocycles. The van der Waals surface area contributed by atoms with E-state index in [1.807, 2.05) is 0 Å². The third-order valence-corrected chi connectivity index (χ3v) is 5.34. The number of halogens is 1. The molecule has 2 saturated heterocycles. The van der Waals surface area contributed by atoms with Crippen molar-refractivity contribution in [2.75, 3.05) is 32.8 Å². The van der Waals surface area contributed by atoms with Gasteiger partial charge in [-0.3, -0.25) is 4.79 Å². The van der Waals surface area contributed by atoms with E-state index in [9.17, 15) is 4.79 Å². The number of nitrogens with one attached hydrogen (secondary N) is 1. The highest BCUT2D eigenvalue weighted by Gasteiger charge is 2.59. The highest BCUT2D eigenvalue weighted by molar-refractivity contribution is 5.85. The highest BCUT2D eigenvalue weighted by atomic mass is 35.5. The second-order valence-electron chi connectivity index (χ2n) is 7.26. The van der Waals surface area contributed by atoms with Gasteiger partial charge in [-0.25, -0.2) is 0 Å². The molecule has 0 bridgehead atoms. The zero-order valence-electron chi connectivity index (χ0n) is 13.3. The summed E-state index contributed by atoms with van der Waals surface area (Å²) in [4.78, 5) is 15.0. The van der Waals surface area contributed by atoms with Crippen molar-refractivity contribution in [1.82, 2.24) is 10.2 Å². The highest BCUT2D eigenvalue weighted by Crippen LogP contribution is 2.59. The van der Waals surface area contributed by atoms with Gasteiger partial charge in [0.2, 0.25) is 5.91 Å². The molecule has 0 aromatic carbocycles. The number of amides is 1. The molecule has 1 saturated carbocycles. The molecule has 2 heterocycles. The summed E-state index contributed by atoms with van der Waals surface area (Å²) in [6.07, 6.45) is 4.55. The lowest BCUT2D eigenvalue weighted by atomic mass is 9.91. The number of hydrogen-bond acceptors (Lipinski definition) is 3. The SMILES string of the molecule is CC(C)CC1COCCN1C(=O)C1CC12CCNCC2.Cl. The van der Waals surface area contributed by atoms with Gasteiger partial charge in [-0.2, -0.15) is 0 Å². The van der Waals surface area contributed by atoms with Crippen molar-refractivity contribution in [3.05, 3.63) is 0 Å². The van der Waals surface area contributed by atoms with E-state index in [1.54, 1.807) is 0 Å². The van der Waals surface area contributed by atoms with Crippen LogP contribution in [-0.4, -0.2) is 49.7 Å². The summed E-state index contributed by atoms with van der Waals surface area (Å²) in [7, 11) is 0. The van der Waals surface area contributed by atoms with Gasteiger partial charge in [0.05, 0.1) is 19.3 Å². The van der Waals surface area contributed by atoms with Gasteiger partial charge < -0.3 is 15.0 Å². The molecule has 0 aromatic rings. The summed E-state index contributed by atoms with van der Waals surface area (Å²) in [6, 6.07) is 0.301. The molecule has 0 aromatic heterocycles. The summed E-state index contributed by atoms with van der Waals surface area (Å²) < 4.78 is 5.60. The number of rotatable bonds is 3. The van der Waals surface area contributed by atoms with Gasteiger partial charge in [0.1, 0.15) is 0 Å².